The second kappa shape index (κ2) is 6.20. The van der Waals surface area contributed by atoms with E-state index in [0.29, 0.717) is 11.5 Å². The lowest BCUT2D eigenvalue weighted by Gasteiger charge is -2.33. The number of piperidine rings is 1. The zero-order valence-corrected chi connectivity index (χ0v) is 12.3. The second-order valence-electron chi connectivity index (χ2n) is 6.29. The van der Waals surface area contributed by atoms with Gasteiger partial charge in [0.15, 0.2) is 0 Å². The molecule has 20 heavy (non-hydrogen) atoms. The number of rotatable bonds is 4. The Hall–Kier alpha value is -0.970. The third kappa shape index (κ3) is 3.03. The number of nitrogens with one attached hydrogen (secondary N) is 1. The van der Waals surface area contributed by atoms with Gasteiger partial charge in [0, 0.05) is 32.4 Å². The minimum atomic E-state index is 0.503. The van der Waals surface area contributed by atoms with Crippen LogP contribution >= 0.6 is 0 Å². The van der Waals surface area contributed by atoms with Crippen molar-refractivity contribution in [2.75, 3.05) is 33.4 Å². The molecule has 0 amide bonds. The van der Waals surface area contributed by atoms with E-state index in [4.69, 9.17) is 4.74 Å². The van der Waals surface area contributed by atoms with Crippen LogP contribution in [0.4, 0.5) is 0 Å². The molecule has 1 atom stereocenters. The Labute approximate surface area is 121 Å². The van der Waals surface area contributed by atoms with Crippen molar-refractivity contribution in [2.24, 2.45) is 5.41 Å². The first kappa shape index (κ1) is 14.0. The summed E-state index contributed by atoms with van der Waals surface area (Å²) in [7, 11) is 1.81. The maximum atomic E-state index is 5.45. The van der Waals surface area contributed by atoms with E-state index >= 15 is 0 Å². The molecule has 2 aliphatic rings. The SMILES string of the molecule is COC[C@H]1CC2(CCNCC2)CN1Cc1ccccn1. The molecule has 0 aliphatic carbocycles. The van der Waals surface area contributed by atoms with Gasteiger partial charge in [-0.2, -0.15) is 0 Å². The van der Waals surface area contributed by atoms with E-state index in [9.17, 15) is 0 Å². The number of pyridine rings is 1. The fraction of sp³-hybridized carbons (Fsp3) is 0.688. The van der Waals surface area contributed by atoms with Crippen molar-refractivity contribution >= 4 is 0 Å². The van der Waals surface area contributed by atoms with Gasteiger partial charge in [-0.3, -0.25) is 9.88 Å². The topological polar surface area (TPSA) is 37.4 Å². The second-order valence-corrected chi connectivity index (χ2v) is 6.29. The lowest BCUT2D eigenvalue weighted by Crippen LogP contribution is -2.38. The van der Waals surface area contributed by atoms with Crippen molar-refractivity contribution in [2.45, 2.75) is 31.8 Å². The molecule has 1 spiro atoms. The van der Waals surface area contributed by atoms with Gasteiger partial charge in [0.05, 0.1) is 12.3 Å². The van der Waals surface area contributed by atoms with E-state index in [2.05, 4.69) is 27.3 Å². The number of hydrogen-bond acceptors (Lipinski definition) is 4. The first-order chi connectivity index (χ1) is 9.81. The minimum Gasteiger partial charge on any atom is -0.383 e. The van der Waals surface area contributed by atoms with Crippen LogP contribution in [0.15, 0.2) is 24.4 Å². The van der Waals surface area contributed by atoms with Crippen molar-refractivity contribution in [3.63, 3.8) is 0 Å². The van der Waals surface area contributed by atoms with Crippen molar-refractivity contribution in [1.29, 1.82) is 0 Å². The van der Waals surface area contributed by atoms with Gasteiger partial charge in [-0.15, -0.1) is 0 Å². The first-order valence-corrected chi connectivity index (χ1v) is 7.65. The van der Waals surface area contributed by atoms with Crippen LogP contribution in [-0.2, 0) is 11.3 Å². The highest BCUT2D eigenvalue weighted by atomic mass is 16.5. The molecule has 1 aromatic heterocycles. The lowest BCUT2D eigenvalue weighted by atomic mass is 9.77. The number of ether oxygens (including phenoxy) is 1. The van der Waals surface area contributed by atoms with Crippen LogP contribution in [0.3, 0.4) is 0 Å². The summed E-state index contributed by atoms with van der Waals surface area (Å²) in [6, 6.07) is 6.72. The summed E-state index contributed by atoms with van der Waals surface area (Å²) in [6.45, 7) is 5.31. The molecule has 0 radical (unpaired) electrons. The maximum Gasteiger partial charge on any atom is 0.0618 e. The zero-order chi connectivity index (χ0) is 13.8. The summed E-state index contributed by atoms with van der Waals surface area (Å²) in [6.07, 6.45) is 5.75. The molecule has 1 aromatic rings. The quantitative estimate of drug-likeness (QED) is 0.907. The number of methoxy groups -OCH3 is 1. The molecule has 0 aromatic carbocycles. The van der Waals surface area contributed by atoms with Crippen LogP contribution in [0.5, 0.6) is 0 Å². The summed E-state index contributed by atoms with van der Waals surface area (Å²) in [5.74, 6) is 0. The average Bonchev–Trinajstić information content (AvgIpc) is 2.78. The van der Waals surface area contributed by atoms with E-state index in [1.54, 1.807) is 0 Å². The van der Waals surface area contributed by atoms with Gasteiger partial charge < -0.3 is 10.1 Å². The molecule has 110 valence electrons. The molecular weight excluding hydrogens is 250 g/mol. The monoisotopic (exact) mass is 275 g/mol. The molecule has 2 aliphatic heterocycles. The summed E-state index contributed by atoms with van der Waals surface area (Å²) < 4.78 is 5.45. The van der Waals surface area contributed by atoms with Gasteiger partial charge in [0.2, 0.25) is 0 Å². The van der Waals surface area contributed by atoms with Gasteiger partial charge in [0.25, 0.3) is 0 Å². The fourth-order valence-electron chi connectivity index (χ4n) is 3.81. The summed E-state index contributed by atoms with van der Waals surface area (Å²) in [5, 5.41) is 3.49. The smallest absolute Gasteiger partial charge is 0.0618 e. The standard InChI is InChI=1S/C16H25N3O/c1-20-12-15-10-16(5-8-17-9-6-16)13-19(15)11-14-4-2-3-7-18-14/h2-4,7,15,17H,5-6,8-13H2,1H3/t15-/m1/s1. The number of hydrogen-bond donors (Lipinski definition) is 1. The molecule has 4 nitrogen and oxygen atoms in total. The predicted molar refractivity (Wildman–Crippen MR) is 79.5 cm³/mol. The van der Waals surface area contributed by atoms with Gasteiger partial charge in [-0.05, 0) is 49.9 Å². The number of nitrogens with zero attached hydrogens (tertiary/aromatic N) is 2. The van der Waals surface area contributed by atoms with E-state index in [-0.39, 0.29) is 0 Å². The highest BCUT2D eigenvalue weighted by Crippen LogP contribution is 2.42. The largest absolute Gasteiger partial charge is 0.383 e. The minimum absolute atomic E-state index is 0.503. The average molecular weight is 275 g/mol. The Morgan fingerprint density at radius 1 is 1.40 bits per heavy atom. The Morgan fingerprint density at radius 3 is 2.95 bits per heavy atom. The normalized spacial score (nSPS) is 26.1. The van der Waals surface area contributed by atoms with Crippen molar-refractivity contribution in [3.05, 3.63) is 30.1 Å². The molecule has 2 saturated heterocycles. The third-order valence-corrected chi connectivity index (χ3v) is 4.84. The number of likely N-dealkylation sites (tertiary alicyclic amines) is 1. The van der Waals surface area contributed by atoms with Crippen LogP contribution in [0.1, 0.15) is 25.0 Å². The Balaban J connectivity index is 1.70. The van der Waals surface area contributed by atoms with Crippen molar-refractivity contribution in [3.8, 4) is 0 Å². The van der Waals surface area contributed by atoms with Crippen LogP contribution in [-0.4, -0.2) is 49.3 Å². The number of aromatic nitrogens is 1. The van der Waals surface area contributed by atoms with Gasteiger partial charge in [-0.1, -0.05) is 6.07 Å². The van der Waals surface area contributed by atoms with Gasteiger partial charge >= 0.3 is 0 Å². The van der Waals surface area contributed by atoms with E-state index < -0.39 is 0 Å². The van der Waals surface area contributed by atoms with E-state index in [1.165, 1.54) is 31.5 Å². The molecule has 4 heteroatoms. The van der Waals surface area contributed by atoms with Crippen LogP contribution in [0.25, 0.3) is 0 Å². The maximum absolute atomic E-state index is 5.45. The Kier molecular flexibility index (Phi) is 4.34. The molecule has 0 saturated carbocycles. The zero-order valence-electron chi connectivity index (χ0n) is 12.3. The third-order valence-electron chi connectivity index (χ3n) is 4.84. The van der Waals surface area contributed by atoms with Crippen molar-refractivity contribution < 1.29 is 4.74 Å². The molecule has 0 bridgehead atoms. The van der Waals surface area contributed by atoms with Crippen LogP contribution in [0, 0.1) is 5.41 Å². The molecule has 0 unspecified atom stereocenters. The van der Waals surface area contributed by atoms with Crippen LogP contribution in [0.2, 0.25) is 0 Å². The Morgan fingerprint density at radius 2 is 2.25 bits per heavy atom. The summed E-state index contributed by atoms with van der Waals surface area (Å²) in [4.78, 5) is 7.06. The Bertz CT molecular complexity index is 417. The molecule has 2 fully saturated rings. The summed E-state index contributed by atoms with van der Waals surface area (Å²) >= 11 is 0. The van der Waals surface area contributed by atoms with Gasteiger partial charge in [-0.25, -0.2) is 0 Å². The predicted octanol–water partition coefficient (Wildman–Crippen LogP) is 1.67. The molecule has 3 heterocycles. The molecule has 3 rings (SSSR count). The molecular formula is C16H25N3O. The first-order valence-electron chi connectivity index (χ1n) is 7.65. The lowest BCUT2D eigenvalue weighted by molar-refractivity contribution is 0.111. The highest BCUT2D eigenvalue weighted by molar-refractivity contribution is 5.06. The fourth-order valence-corrected chi connectivity index (χ4v) is 3.81. The van der Waals surface area contributed by atoms with E-state index in [1.807, 2.05) is 19.4 Å². The van der Waals surface area contributed by atoms with Crippen molar-refractivity contribution in [1.82, 2.24) is 15.2 Å². The summed E-state index contributed by atoms with van der Waals surface area (Å²) in [5.41, 5.74) is 1.67. The molecule has 1 N–H and O–H groups in total. The highest BCUT2D eigenvalue weighted by Gasteiger charge is 2.44. The van der Waals surface area contributed by atoms with Crippen LogP contribution < -0.4 is 5.32 Å². The van der Waals surface area contributed by atoms with E-state index in [0.717, 1.165) is 26.2 Å². The van der Waals surface area contributed by atoms with Gasteiger partial charge in [0.1, 0.15) is 0 Å².